The molecule has 0 heterocycles. The van der Waals surface area contributed by atoms with Crippen molar-refractivity contribution in [3.63, 3.8) is 0 Å². The largest absolute Gasteiger partial charge is 0.501 e. The van der Waals surface area contributed by atoms with Gasteiger partial charge in [-0.1, -0.05) is 77.6 Å². The number of hydrogen-bond acceptors (Lipinski definition) is 4. The van der Waals surface area contributed by atoms with Crippen LogP contribution in [0.15, 0.2) is 9.59 Å². The molecule has 22 heavy (non-hydrogen) atoms. The van der Waals surface area contributed by atoms with E-state index < -0.39 is 16.6 Å². The summed E-state index contributed by atoms with van der Waals surface area (Å²) in [7, 11) is 0. The lowest BCUT2D eigenvalue weighted by Crippen LogP contribution is -2.31. The van der Waals surface area contributed by atoms with Gasteiger partial charge in [0, 0.05) is 0 Å². The number of hydrogen-bond donors (Lipinski definition) is 1. The van der Waals surface area contributed by atoms with Crippen molar-refractivity contribution in [2.45, 2.75) is 84.0 Å². The third-order valence-electron chi connectivity index (χ3n) is 4.09. The minimum Gasteiger partial charge on any atom is -0.501 e. The highest BCUT2D eigenvalue weighted by Crippen LogP contribution is 2.18. The minimum absolute atomic E-state index is 0.145. The Hall–Kier alpha value is -1.32. The minimum atomic E-state index is -0.829. The second-order valence-electron chi connectivity index (χ2n) is 6.07. The van der Waals surface area contributed by atoms with Gasteiger partial charge in [-0.3, -0.25) is 9.59 Å². The Labute approximate surface area is 133 Å². The summed E-state index contributed by atoms with van der Waals surface area (Å²) in [6.45, 7) is 2.64. The van der Waals surface area contributed by atoms with Gasteiger partial charge in [-0.2, -0.15) is 0 Å². The van der Waals surface area contributed by atoms with E-state index in [-0.39, 0.29) is 5.75 Å². The molecule has 0 atom stereocenters. The first kappa shape index (κ1) is 18.7. The topological polar surface area (TPSA) is 63.6 Å². The van der Waals surface area contributed by atoms with E-state index in [1.165, 1.54) is 64.2 Å². The lowest BCUT2D eigenvalue weighted by molar-refractivity contribution is 0.278. The summed E-state index contributed by atoms with van der Waals surface area (Å²) in [6, 6.07) is 0. The molecule has 0 saturated heterocycles. The highest BCUT2D eigenvalue weighted by atomic mass is 16.5. The molecule has 0 spiro atoms. The Kier molecular flexibility index (Phi) is 9.60. The Balaban J connectivity index is 1.83. The molecule has 1 N–H and O–H groups in total. The van der Waals surface area contributed by atoms with Crippen LogP contribution in [0.4, 0.5) is 0 Å². The molecule has 1 rings (SSSR count). The fraction of sp³-hybridized carbons (Fsp3) is 0.778. The molecular formula is C18H30O4. The fourth-order valence-electron chi connectivity index (χ4n) is 2.61. The average molecular weight is 310 g/mol. The molecule has 0 radical (unpaired) electrons. The van der Waals surface area contributed by atoms with E-state index >= 15 is 0 Å². The van der Waals surface area contributed by atoms with Crippen molar-refractivity contribution in [2.24, 2.45) is 0 Å². The molecule has 1 aromatic rings. The molecule has 126 valence electrons. The second kappa shape index (κ2) is 11.3. The second-order valence-corrected chi connectivity index (χ2v) is 6.07. The molecule has 0 aromatic heterocycles. The molecule has 4 heteroatoms. The zero-order valence-corrected chi connectivity index (χ0v) is 13.9. The smallest absolute Gasteiger partial charge is 0.275 e. The third kappa shape index (κ3) is 6.63. The molecule has 0 aliphatic rings. The van der Waals surface area contributed by atoms with E-state index in [1.807, 2.05) is 0 Å². The van der Waals surface area contributed by atoms with Gasteiger partial charge in [0.1, 0.15) is 0 Å². The molecule has 0 aliphatic carbocycles. The first-order valence-corrected chi connectivity index (χ1v) is 8.83. The quantitative estimate of drug-likeness (QED) is 0.415. The summed E-state index contributed by atoms with van der Waals surface area (Å²) in [5.41, 5.74) is -1.53. The van der Waals surface area contributed by atoms with Crippen molar-refractivity contribution < 1.29 is 9.84 Å². The van der Waals surface area contributed by atoms with Crippen LogP contribution in [-0.2, 0) is 0 Å². The van der Waals surface area contributed by atoms with E-state index in [0.29, 0.717) is 6.61 Å². The molecule has 1 aromatic carbocycles. The first-order valence-electron chi connectivity index (χ1n) is 8.83. The molecule has 0 amide bonds. The normalized spacial score (nSPS) is 11.1. The predicted octanol–water partition coefficient (Wildman–Crippen LogP) is 4.07. The van der Waals surface area contributed by atoms with Crippen LogP contribution in [0.25, 0.3) is 0 Å². The molecule has 4 nitrogen and oxygen atoms in total. The fourth-order valence-corrected chi connectivity index (χ4v) is 2.61. The van der Waals surface area contributed by atoms with Crippen LogP contribution >= 0.6 is 0 Å². The van der Waals surface area contributed by atoms with E-state index in [2.05, 4.69) is 6.92 Å². The SMILES string of the molecule is CCCCCCCCCCCCCCOc1c(O)c(=O)c1=O. The molecule has 0 fully saturated rings. The highest BCUT2D eigenvalue weighted by Gasteiger charge is 2.21. The predicted molar refractivity (Wildman–Crippen MR) is 89.6 cm³/mol. The van der Waals surface area contributed by atoms with Crippen LogP contribution in [0.2, 0.25) is 0 Å². The average Bonchev–Trinajstić information content (AvgIpc) is 2.54. The van der Waals surface area contributed by atoms with Gasteiger partial charge in [-0.25, -0.2) is 0 Å². The van der Waals surface area contributed by atoms with E-state index in [9.17, 15) is 9.59 Å². The van der Waals surface area contributed by atoms with Crippen LogP contribution in [0.1, 0.15) is 84.0 Å². The van der Waals surface area contributed by atoms with Crippen LogP contribution < -0.4 is 15.6 Å². The van der Waals surface area contributed by atoms with Crippen molar-refractivity contribution in [1.82, 2.24) is 0 Å². The molecule has 0 aliphatic heterocycles. The van der Waals surface area contributed by atoms with Gasteiger partial charge in [0.15, 0.2) is 0 Å². The lowest BCUT2D eigenvalue weighted by Gasteiger charge is -2.08. The summed E-state index contributed by atoms with van der Waals surface area (Å²) < 4.78 is 5.12. The highest BCUT2D eigenvalue weighted by molar-refractivity contribution is 5.44. The van der Waals surface area contributed by atoms with Gasteiger partial charge in [0.05, 0.1) is 6.61 Å². The number of ether oxygens (including phenoxy) is 1. The van der Waals surface area contributed by atoms with Crippen molar-refractivity contribution in [3.05, 3.63) is 20.4 Å². The Morgan fingerprint density at radius 3 is 1.64 bits per heavy atom. The monoisotopic (exact) mass is 310 g/mol. The first-order chi connectivity index (χ1) is 10.7. The maximum Gasteiger partial charge on any atom is 0.275 e. The number of aromatic hydroxyl groups is 1. The zero-order chi connectivity index (χ0) is 16.2. The molecule has 0 unspecified atom stereocenters. The molecular weight excluding hydrogens is 280 g/mol. The van der Waals surface area contributed by atoms with Crippen LogP contribution in [-0.4, -0.2) is 11.7 Å². The zero-order valence-electron chi connectivity index (χ0n) is 13.9. The van der Waals surface area contributed by atoms with E-state index in [1.54, 1.807) is 0 Å². The molecule has 0 saturated carbocycles. The summed E-state index contributed by atoms with van der Waals surface area (Å²) >= 11 is 0. The van der Waals surface area contributed by atoms with Crippen molar-refractivity contribution in [2.75, 3.05) is 6.61 Å². The number of rotatable bonds is 14. The third-order valence-corrected chi connectivity index (χ3v) is 4.09. The van der Waals surface area contributed by atoms with Crippen LogP contribution in [0, 0.1) is 0 Å². The Morgan fingerprint density at radius 1 is 0.727 bits per heavy atom. The Morgan fingerprint density at radius 2 is 1.18 bits per heavy atom. The van der Waals surface area contributed by atoms with Gasteiger partial charge >= 0.3 is 0 Å². The van der Waals surface area contributed by atoms with Gasteiger partial charge in [-0.15, -0.1) is 0 Å². The van der Waals surface area contributed by atoms with Crippen LogP contribution in [0.3, 0.4) is 0 Å². The summed E-state index contributed by atoms with van der Waals surface area (Å²) in [6.07, 6.45) is 15.2. The van der Waals surface area contributed by atoms with E-state index in [4.69, 9.17) is 9.84 Å². The standard InChI is InChI=1S/C18H30O4/c1-2-3-4-5-6-7-8-9-10-11-12-13-14-22-18-16(20)15(19)17(18)21/h20H,2-14H2,1H3. The van der Waals surface area contributed by atoms with Crippen LogP contribution in [0.5, 0.6) is 11.5 Å². The lowest BCUT2D eigenvalue weighted by atomic mass is 10.1. The molecule has 0 bridgehead atoms. The summed E-state index contributed by atoms with van der Waals surface area (Å²) in [5.74, 6) is -0.656. The summed E-state index contributed by atoms with van der Waals surface area (Å²) in [4.78, 5) is 21.8. The van der Waals surface area contributed by atoms with Gasteiger partial charge in [-0.05, 0) is 6.42 Å². The maximum absolute atomic E-state index is 11.0. The van der Waals surface area contributed by atoms with Gasteiger partial charge in [0.25, 0.3) is 10.9 Å². The van der Waals surface area contributed by atoms with Gasteiger partial charge < -0.3 is 9.84 Å². The van der Waals surface area contributed by atoms with Crippen molar-refractivity contribution in [1.29, 1.82) is 0 Å². The van der Waals surface area contributed by atoms with Crippen molar-refractivity contribution in [3.8, 4) is 11.5 Å². The van der Waals surface area contributed by atoms with Crippen molar-refractivity contribution >= 4 is 0 Å². The van der Waals surface area contributed by atoms with Gasteiger partial charge in [0.2, 0.25) is 11.5 Å². The Bertz CT molecular complexity index is 471. The number of unbranched alkanes of at least 4 members (excludes halogenated alkanes) is 11. The summed E-state index contributed by atoms with van der Waals surface area (Å²) in [5, 5.41) is 9.12. The maximum atomic E-state index is 11.0. The van der Waals surface area contributed by atoms with E-state index in [0.717, 1.165) is 12.8 Å².